The lowest BCUT2D eigenvalue weighted by Gasteiger charge is -2.37. The molecule has 3 nitrogen and oxygen atoms in total. The van der Waals surface area contributed by atoms with Crippen LogP contribution in [0.5, 0.6) is 0 Å². The van der Waals surface area contributed by atoms with Gasteiger partial charge in [-0.15, -0.1) is 0 Å². The van der Waals surface area contributed by atoms with E-state index in [1.165, 1.54) is 0 Å². The standard InChI is InChI=1S/C11H20F3N3/c1-4-6-16-9(15)17-7-5-8(10(17,2)3)11(12,13)14/h8H,4-7H2,1-3H3,(H2,15,16). The summed E-state index contributed by atoms with van der Waals surface area (Å²) < 4.78 is 38.5. The number of halogens is 3. The summed E-state index contributed by atoms with van der Waals surface area (Å²) in [6, 6.07) is 0. The normalized spacial score (nSPS) is 25.4. The van der Waals surface area contributed by atoms with Crippen molar-refractivity contribution in [1.82, 2.24) is 4.90 Å². The summed E-state index contributed by atoms with van der Waals surface area (Å²) in [6.45, 7) is 5.97. The number of hydrogen-bond acceptors (Lipinski definition) is 1. The number of alkyl halides is 3. The molecule has 0 aliphatic carbocycles. The first kappa shape index (κ1) is 14.1. The lowest BCUT2D eigenvalue weighted by Crippen LogP contribution is -2.52. The van der Waals surface area contributed by atoms with Crippen molar-refractivity contribution >= 4 is 5.96 Å². The molecule has 0 aromatic heterocycles. The second-order valence-corrected chi connectivity index (χ2v) is 4.93. The molecule has 1 fully saturated rings. The lowest BCUT2D eigenvalue weighted by molar-refractivity contribution is -0.188. The number of guanidine groups is 1. The zero-order chi connectivity index (χ0) is 13.3. The summed E-state index contributed by atoms with van der Waals surface area (Å²) in [5.41, 5.74) is 4.74. The minimum atomic E-state index is -4.18. The first-order valence-electron chi connectivity index (χ1n) is 5.85. The third-order valence-corrected chi connectivity index (χ3v) is 3.36. The fraction of sp³-hybridized carbons (Fsp3) is 0.909. The van der Waals surface area contributed by atoms with Crippen LogP contribution in [0.25, 0.3) is 0 Å². The van der Waals surface area contributed by atoms with E-state index < -0.39 is 17.6 Å². The first-order chi connectivity index (χ1) is 7.71. The number of hydrogen-bond donors (Lipinski definition) is 1. The largest absolute Gasteiger partial charge is 0.394 e. The maximum atomic E-state index is 12.8. The van der Waals surface area contributed by atoms with Gasteiger partial charge in [0.15, 0.2) is 5.96 Å². The van der Waals surface area contributed by atoms with E-state index in [1.54, 1.807) is 18.7 Å². The summed E-state index contributed by atoms with van der Waals surface area (Å²) in [6.07, 6.45) is -3.26. The van der Waals surface area contributed by atoms with E-state index in [-0.39, 0.29) is 12.4 Å². The molecule has 0 aromatic rings. The second kappa shape index (κ2) is 4.74. The van der Waals surface area contributed by atoms with Crippen LogP contribution in [0.4, 0.5) is 13.2 Å². The quantitative estimate of drug-likeness (QED) is 0.604. The highest BCUT2D eigenvalue weighted by Gasteiger charge is 2.55. The average Bonchev–Trinajstić information content (AvgIpc) is 2.49. The van der Waals surface area contributed by atoms with E-state index in [2.05, 4.69) is 4.99 Å². The maximum absolute atomic E-state index is 12.8. The topological polar surface area (TPSA) is 41.6 Å². The number of likely N-dealkylation sites (tertiary alicyclic amines) is 1. The summed E-state index contributed by atoms with van der Waals surface area (Å²) in [4.78, 5) is 5.66. The molecule has 2 N–H and O–H groups in total. The molecule has 1 aliphatic heterocycles. The molecule has 0 radical (unpaired) electrons. The number of aliphatic imine (C=N–C) groups is 1. The van der Waals surface area contributed by atoms with E-state index in [9.17, 15) is 13.2 Å². The highest BCUT2D eigenvalue weighted by atomic mass is 19.4. The molecule has 100 valence electrons. The first-order valence-corrected chi connectivity index (χ1v) is 5.85. The van der Waals surface area contributed by atoms with Crippen LogP contribution in [0.3, 0.4) is 0 Å². The predicted molar refractivity (Wildman–Crippen MR) is 61.7 cm³/mol. The van der Waals surface area contributed by atoms with Gasteiger partial charge in [0.25, 0.3) is 0 Å². The second-order valence-electron chi connectivity index (χ2n) is 4.93. The van der Waals surface area contributed by atoms with Crippen LogP contribution in [0.2, 0.25) is 0 Å². The average molecular weight is 251 g/mol. The zero-order valence-electron chi connectivity index (χ0n) is 10.5. The molecule has 0 amide bonds. The Morgan fingerprint density at radius 1 is 1.47 bits per heavy atom. The third-order valence-electron chi connectivity index (χ3n) is 3.36. The van der Waals surface area contributed by atoms with Gasteiger partial charge in [-0.2, -0.15) is 13.2 Å². The van der Waals surface area contributed by atoms with Gasteiger partial charge in [0.1, 0.15) is 0 Å². The van der Waals surface area contributed by atoms with E-state index in [0.717, 1.165) is 6.42 Å². The summed E-state index contributed by atoms with van der Waals surface area (Å²) in [7, 11) is 0. The molecule has 6 heteroatoms. The van der Waals surface area contributed by atoms with Gasteiger partial charge < -0.3 is 10.6 Å². The number of nitrogens with zero attached hydrogens (tertiary/aromatic N) is 2. The van der Waals surface area contributed by atoms with Crippen molar-refractivity contribution in [2.75, 3.05) is 13.1 Å². The Morgan fingerprint density at radius 3 is 2.47 bits per heavy atom. The minimum Gasteiger partial charge on any atom is -0.370 e. The molecule has 1 aliphatic rings. The van der Waals surface area contributed by atoms with Gasteiger partial charge in [0.2, 0.25) is 0 Å². The van der Waals surface area contributed by atoms with Crippen molar-refractivity contribution in [3.63, 3.8) is 0 Å². The SMILES string of the molecule is CCCN=C(N)N1CCC(C(F)(F)F)C1(C)C. The number of rotatable bonds is 2. The Morgan fingerprint density at radius 2 is 2.06 bits per heavy atom. The van der Waals surface area contributed by atoms with E-state index in [1.807, 2.05) is 6.92 Å². The van der Waals surface area contributed by atoms with Crippen LogP contribution in [-0.2, 0) is 0 Å². The van der Waals surface area contributed by atoms with Crippen molar-refractivity contribution in [3.8, 4) is 0 Å². The van der Waals surface area contributed by atoms with Crippen LogP contribution < -0.4 is 5.73 Å². The van der Waals surface area contributed by atoms with Gasteiger partial charge in [0.05, 0.1) is 5.92 Å². The van der Waals surface area contributed by atoms with Crippen LogP contribution >= 0.6 is 0 Å². The van der Waals surface area contributed by atoms with Crippen LogP contribution in [-0.4, -0.2) is 35.7 Å². The van der Waals surface area contributed by atoms with Gasteiger partial charge in [-0.25, -0.2) is 0 Å². The highest BCUT2D eigenvalue weighted by molar-refractivity contribution is 5.79. The van der Waals surface area contributed by atoms with Crippen molar-refractivity contribution in [3.05, 3.63) is 0 Å². The Kier molecular flexibility index (Phi) is 3.94. The molecule has 1 saturated heterocycles. The van der Waals surface area contributed by atoms with E-state index in [0.29, 0.717) is 13.1 Å². The van der Waals surface area contributed by atoms with Crippen molar-refractivity contribution < 1.29 is 13.2 Å². The maximum Gasteiger partial charge on any atom is 0.394 e. The molecule has 1 unspecified atom stereocenters. The van der Waals surface area contributed by atoms with Gasteiger partial charge in [-0.3, -0.25) is 4.99 Å². The molecule has 1 atom stereocenters. The smallest absolute Gasteiger partial charge is 0.370 e. The van der Waals surface area contributed by atoms with Crippen molar-refractivity contribution in [2.24, 2.45) is 16.6 Å². The molecule has 0 spiro atoms. The Balaban J connectivity index is 2.86. The molecule has 1 heterocycles. The van der Waals surface area contributed by atoms with E-state index >= 15 is 0 Å². The van der Waals surface area contributed by atoms with Crippen LogP contribution in [0.15, 0.2) is 4.99 Å². The van der Waals surface area contributed by atoms with Crippen LogP contribution in [0.1, 0.15) is 33.6 Å². The van der Waals surface area contributed by atoms with Gasteiger partial charge >= 0.3 is 6.18 Å². The molecule has 0 aromatic carbocycles. The molecule has 0 bridgehead atoms. The fourth-order valence-corrected chi connectivity index (χ4v) is 2.37. The zero-order valence-corrected chi connectivity index (χ0v) is 10.5. The molecular formula is C11H20F3N3. The van der Waals surface area contributed by atoms with E-state index in [4.69, 9.17) is 5.73 Å². The predicted octanol–water partition coefficient (Wildman–Crippen LogP) is 2.37. The lowest BCUT2D eigenvalue weighted by atomic mass is 9.88. The van der Waals surface area contributed by atoms with Crippen molar-refractivity contribution in [1.29, 1.82) is 0 Å². The van der Waals surface area contributed by atoms with Gasteiger partial charge in [0, 0.05) is 18.6 Å². The Hall–Kier alpha value is -0.940. The molecular weight excluding hydrogens is 231 g/mol. The Labute approximate surface area is 99.9 Å². The van der Waals surface area contributed by atoms with Gasteiger partial charge in [-0.1, -0.05) is 6.92 Å². The highest BCUT2D eigenvalue weighted by Crippen LogP contribution is 2.44. The summed E-state index contributed by atoms with van der Waals surface area (Å²) in [5.74, 6) is -1.12. The Bertz CT molecular complexity index is 297. The monoisotopic (exact) mass is 251 g/mol. The third kappa shape index (κ3) is 2.84. The van der Waals surface area contributed by atoms with Crippen molar-refractivity contribution in [2.45, 2.75) is 45.3 Å². The molecule has 1 rings (SSSR count). The van der Waals surface area contributed by atoms with Crippen LogP contribution in [0, 0.1) is 5.92 Å². The molecule has 17 heavy (non-hydrogen) atoms. The summed E-state index contributed by atoms with van der Waals surface area (Å²) >= 11 is 0. The fourth-order valence-electron chi connectivity index (χ4n) is 2.37. The minimum absolute atomic E-state index is 0.0822. The molecule has 0 saturated carbocycles. The summed E-state index contributed by atoms with van der Waals surface area (Å²) in [5, 5.41) is 0. The van der Waals surface area contributed by atoms with Gasteiger partial charge in [-0.05, 0) is 26.7 Å². The number of nitrogens with two attached hydrogens (primary N) is 1.